The lowest BCUT2D eigenvalue weighted by Gasteiger charge is -2.35. The Morgan fingerprint density at radius 2 is 1.95 bits per heavy atom. The van der Waals surface area contributed by atoms with E-state index >= 15 is 0 Å². The van der Waals surface area contributed by atoms with Gasteiger partial charge in [0.05, 0.1) is 6.07 Å². The molecule has 1 rings (SSSR count). The number of hydrogen-bond donors (Lipinski definition) is 1. The predicted octanol–water partition coefficient (Wildman–Crippen LogP) is 3.17. The third-order valence-electron chi connectivity index (χ3n) is 5.00. The highest BCUT2D eigenvalue weighted by Crippen LogP contribution is 2.29. The summed E-state index contributed by atoms with van der Waals surface area (Å²) < 4.78 is 0. The van der Waals surface area contributed by atoms with Crippen LogP contribution in [0.1, 0.15) is 58.8 Å². The summed E-state index contributed by atoms with van der Waals surface area (Å²) in [5.41, 5.74) is -0.360. The Labute approximate surface area is 119 Å². The van der Waals surface area contributed by atoms with Gasteiger partial charge in [-0.15, -0.1) is 0 Å². The SMILES string of the molecule is CCC1CCC(N(C)CCCC(C)(C#N)NC)CC1. The molecule has 0 aromatic carbocycles. The van der Waals surface area contributed by atoms with Gasteiger partial charge in [0.1, 0.15) is 5.54 Å². The van der Waals surface area contributed by atoms with Gasteiger partial charge in [-0.05, 0) is 72.0 Å². The molecule has 1 saturated carbocycles. The van der Waals surface area contributed by atoms with E-state index in [-0.39, 0.29) is 5.54 Å². The quantitative estimate of drug-likeness (QED) is 0.768. The summed E-state index contributed by atoms with van der Waals surface area (Å²) in [6.07, 6.45) is 8.88. The van der Waals surface area contributed by atoms with E-state index in [9.17, 15) is 0 Å². The molecule has 1 aliphatic carbocycles. The van der Waals surface area contributed by atoms with Gasteiger partial charge in [-0.1, -0.05) is 13.3 Å². The summed E-state index contributed by atoms with van der Waals surface area (Å²) in [6, 6.07) is 3.13. The molecule has 0 spiro atoms. The van der Waals surface area contributed by atoms with Crippen molar-refractivity contribution in [2.45, 2.75) is 70.4 Å². The Morgan fingerprint density at radius 3 is 2.42 bits per heavy atom. The van der Waals surface area contributed by atoms with Crippen molar-refractivity contribution in [1.29, 1.82) is 5.26 Å². The van der Waals surface area contributed by atoms with E-state index in [1.807, 2.05) is 14.0 Å². The van der Waals surface area contributed by atoms with Gasteiger partial charge < -0.3 is 10.2 Å². The zero-order valence-electron chi connectivity index (χ0n) is 13.2. The number of hydrogen-bond acceptors (Lipinski definition) is 3. The lowest BCUT2D eigenvalue weighted by molar-refractivity contribution is 0.159. The van der Waals surface area contributed by atoms with Crippen molar-refractivity contribution in [3.05, 3.63) is 0 Å². The van der Waals surface area contributed by atoms with Gasteiger partial charge in [-0.25, -0.2) is 0 Å². The van der Waals surface area contributed by atoms with Crippen molar-refractivity contribution >= 4 is 0 Å². The molecular weight excluding hydrogens is 234 g/mol. The minimum atomic E-state index is -0.360. The molecule has 1 aliphatic rings. The summed E-state index contributed by atoms with van der Waals surface area (Å²) >= 11 is 0. The molecule has 0 bridgehead atoms. The molecule has 110 valence electrons. The Kier molecular flexibility index (Phi) is 6.82. The summed E-state index contributed by atoms with van der Waals surface area (Å²) in [4.78, 5) is 2.51. The summed E-state index contributed by atoms with van der Waals surface area (Å²) in [5.74, 6) is 0.968. The maximum absolute atomic E-state index is 9.13. The third-order valence-corrected chi connectivity index (χ3v) is 5.00. The Morgan fingerprint density at radius 1 is 1.32 bits per heavy atom. The van der Waals surface area contributed by atoms with Gasteiger partial charge in [0, 0.05) is 6.04 Å². The van der Waals surface area contributed by atoms with Crippen LogP contribution in [0.15, 0.2) is 0 Å². The molecule has 1 fully saturated rings. The molecule has 0 radical (unpaired) electrons. The normalized spacial score (nSPS) is 26.9. The van der Waals surface area contributed by atoms with Crippen LogP contribution in [0.4, 0.5) is 0 Å². The van der Waals surface area contributed by atoms with Crippen LogP contribution in [0.3, 0.4) is 0 Å². The van der Waals surface area contributed by atoms with E-state index in [2.05, 4.69) is 30.3 Å². The lowest BCUT2D eigenvalue weighted by atomic mass is 9.84. The summed E-state index contributed by atoms with van der Waals surface area (Å²) in [6.45, 7) is 5.41. The molecule has 1 unspecified atom stereocenters. The first-order valence-corrected chi connectivity index (χ1v) is 7.85. The van der Waals surface area contributed by atoms with Crippen molar-refractivity contribution in [2.75, 3.05) is 20.6 Å². The Bertz CT molecular complexity index is 289. The number of nitriles is 1. The lowest BCUT2D eigenvalue weighted by Crippen LogP contribution is -2.40. The van der Waals surface area contributed by atoms with E-state index in [1.54, 1.807) is 0 Å². The van der Waals surface area contributed by atoms with Crippen molar-refractivity contribution in [1.82, 2.24) is 10.2 Å². The number of rotatable bonds is 7. The first kappa shape index (κ1) is 16.5. The highest BCUT2D eigenvalue weighted by atomic mass is 15.1. The van der Waals surface area contributed by atoms with Gasteiger partial charge >= 0.3 is 0 Å². The van der Waals surface area contributed by atoms with Crippen molar-refractivity contribution in [2.24, 2.45) is 5.92 Å². The fourth-order valence-electron chi connectivity index (χ4n) is 3.10. The minimum absolute atomic E-state index is 0.360. The molecule has 3 heteroatoms. The van der Waals surface area contributed by atoms with E-state index in [1.165, 1.54) is 32.1 Å². The van der Waals surface area contributed by atoms with Crippen molar-refractivity contribution < 1.29 is 0 Å². The number of nitrogens with zero attached hydrogens (tertiary/aromatic N) is 2. The van der Waals surface area contributed by atoms with Crippen LogP contribution in [0.2, 0.25) is 0 Å². The molecule has 0 aliphatic heterocycles. The zero-order chi connectivity index (χ0) is 14.3. The van der Waals surface area contributed by atoms with Crippen LogP contribution >= 0.6 is 0 Å². The molecule has 3 nitrogen and oxygen atoms in total. The van der Waals surface area contributed by atoms with E-state index in [4.69, 9.17) is 5.26 Å². The fraction of sp³-hybridized carbons (Fsp3) is 0.938. The molecule has 0 aromatic rings. The highest BCUT2D eigenvalue weighted by molar-refractivity contribution is 5.02. The van der Waals surface area contributed by atoms with Crippen LogP contribution in [-0.4, -0.2) is 37.1 Å². The first-order valence-electron chi connectivity index (χ1n) is 7.85. The van der Waals surface area contributed by atoms with E-state index in [0.717, 1.165) is 31.3 Å². The molecule has 1 atom stereocenters. The maximum Gasteiger partial charge on any atom is 0.103 e. The molecule has 19 heavy (non-hydrogen) atoms. The molecule has 0 heterocycles. The van der Waals surface area contributed by atoms with Gasteiger partial charge in [0.15, 0.2) is 0 Å². The molecular formula is C16H31N3. The molecule has 0 aromatic heterocycles. The highest BCUT2D eigenvalue weighted by Gasteiger charge is 2.24. The topological polar surface area (TPSA) is 39.1 Å². The van der Waals surface area contributed by atoms with Gasteiger partial charge in [-0.2, -0.15) is 5.26 Å². The van der Waals surface area contributed by atoms with Crippen molar-refractivity contribution in [3.8, 4) is 6.07 Å². The Balaban J connectivity index is 2.25. The average Bonchev–Trinajstić information content (AvgIpc) is 2.47. The average molecular weight is 265 g/mol. The van der Waals surface area contributed by atoms with Gasteiger partial charge in [0.2, 0.25) is 0 Å². The third kappa shape index (κ3) is 5.12. The second-order valence-electron chi connectivity index (χ2n) is 6.36. The van der Waals surface area contributed by atoms with Crippen LogP contribution in [0.5, 0.6) is 0 Å². The molecule has 0 saturated heterocycles. The van der Waals surface area contributed by atoms with Crippen molar-refractivity contribution in [3.63, 3.8) is 0 Å². The minimum Gasteiger partial charge on any atom is -0.303 e. The second-order valence-corrected chi connectivity index (χ2v) is 6.36. The smallest absolute Gasteiger partial charge is 0.103 e. The molecule has 0 amide bonds. The van der Waals surface area contributed by atoms with Crippen LogP contribution in [0, 0.1) is 17.2 Å². The summed E-state index contributed by atoms with van der Waals surface area (Å²) in [5, 5.41) is 12.2. The summed E-state index contributed by atoms with van der Waals surface area (Å²) in [7, 11) is 4.12. The van der Waals surface area contributed by atoms with Crippen LogP contribution in [0.25, 0.3) is 0 Å². The van der Waals surface area contributed by atoms with E-state index < -0.39 is 0 Å². The largest absolute Gasteiger partial charge is 0.303 e. The van der Waals surface area contributed by atoms with Crippen LogP contribution in [-0.2, 0) is 0 Å². The fourth-order valence-corrected chi connectivity index (χ4v) is 3.10. The zero-order valence-corrected chi connectivity index (χ0v) is 13.2. The standard InChI is InChI=1S/C16H31N3/c1-5-14-7-9-15(10-8-14)19(4)12-6-11-16(2,13-17)18-3/h14-15,18H,5-12H2,1-4H3. The predicted molar refractivity (Wildman–Crippen MR) is 81.0 cm³/mol. The molecule has 1 N–H and O–H groups in total. The monoisotopic (exact) mass is 265 g/mol. The van der Waals surface area contributed by atoms with Gasteiger partial charge in [-0.3, -0.25) is 0 Å². The Hall–Kier alpha value is -0.590. The van der Waals surface area contributed by atoms with Gasteiger partial charge in [0.25, 0.3) is 0 Å². The maximum atomic E-state index is 9.13. The van der Waals surface area contributed by atoms with Crippen LogP contribution < -0.4 is 5.32 Å². The number of nitrogens with one attached hydrogen (secondary N) is 1. The van der Waals surface area contributed by atoms with E-state index in [0.29, 0.717) is 0 Å². The second kappa shape index (κ2) is 7.87. The first-order chi connectivity index (χ1) is 9.04.